The highest BCUT2D eigenvalue weighted by molar-refractivity contribution is 5.69. The molecule has 3 heterocycles. The molecule has 1 aliphatic rings. The summed E-state index contributed by atoms with van der Waals surface area (Å²) in [7, 11) is 1.71. The van der Waals surface area contributed by atoms with E-state index in [4.69, 9.17) is 15.5 Å². The first kappa shape index (κ1) is 18.8. The molecule has 0 spiro atoms. The highest BCUT2D eigenvalue weighted by Crippen LogP contribution is 2.32. The lowest BCUT2D eigenvalue weighted by Gasteiger charge is -2.39. The fourth-order valence-corrected chi connectivity index (χ4v) is 4.48. The van der Waals surface area contributed by atoms with E-state index in [1.165, 1.54) is 25.0 Å². The van der Waals surface area contributed by atoms with E-state index in [0.29, 0.717) is 12.1 Å². The molecule has 5 nitrogen and oxygen atoms in total. The van der Waals surface area contributed by atoms with Crippen LogP contribution in [0.2, 0.25) is 0 Å². The van der Waals surface area contributed by atoms with Crippen molar-refractivity contribution in [2.75, 3.05) is 12.8 Å². The number of imidazole rings is 1. The first-order valence-corrected chi connectivity index (χ1v) is 10.1. The summed E-state index contributed by atoms with van der Waals surface area (Å²) >= 11 is 0. The van der Waals surface area contributed by atoms with Crippen molar-refractivity contribution < 1.29 is 4.74 Å². The Hall–Kier alpha value is -2.53. The Morgan fingerprint density at radius 3 is 2.57 bits per heavy atom. The van der Waals surface area contributed by atoms with Gasteiger partial charge in [-0.1, -0.05) is 6.42 Å². The van der Waals surface area contributed by atoms with Gasteiger partial charge in [0.25, 0.3) is 0 Å². The van der Waals surface area contributed by atoms with Crippen LogP contribution in [0.3, 0.4) is 0 Å². The van der Waals surface area contributed by atoms with Crippen LogP contribution in [0.5, 0.6) is 5.75 Å². The number of benzene rings is 1. The van der Waals surface area contributed by atoms with Crippen LogP contribution in [0.15, 0.2) is 36.5 Å². The Morgan fingerprint density at radius 2 is 1.89 bits per heavy atom. The summed E-state index contributed by atoms with van der Waals surface area (Å²) in [6.07, 6.45) is 5.81. The quantitative estimate of drug-likeness (QED) is 0.717. The van der Waals surface area contributed by atoms with Crippen molar-refractivity contribution >= 4 is 11.3 Å². The van der Waals surface area contributed by atoms with Crippen molar-refractivity contribution in [2.24, 2.45) is 0 Å². The van der Waals surface area contributed by atoms with Crippen LogP contribution in [-0.2, 0) is 6.54 Å². The second kappa shape index (κ2) is 7.47. The van der Waals surface area contributed by atoms with E-state index in [-0.39, 0.29) is 0 Å². The molecular formula is C23H30N4O. The van der Waals surface area contributed by atoms with Crippen LogP contribution < -0.4 is 10.5 Å². The Labute approximate surface area is 167 Å². The number of likely N-dealkylation sites (tertiary alicyclic amines) is 1. The summed E-state index contributed by atoms with van der Waals surface area (Å²) in [6, 6.07) is 11.4. The van der Waals surface area contributed by atoms with Gasteiger partial charge in [0.2, 0.25) is 0 Å². The molecule has 2 N–H and O–H groups in total. The molecule has 0 amide bonds. The zero-order valence-corrected chi connectivity index (χ0v) is 17.3. The van der Waals surface area contributed by atoms with Crippen LogP contribution in [0.1, 0.15) is 44.4 Å². The van der Waals surface area contributed by atoms with E-state index < -0.39 is 0 Å². The highest BCUT2D eigenvalue weighted by Gasteiger charge is 2.27. The third-order valence-electron chi connectivity index (χ3n) is 6.12. The van der Waals surface area contributed by atoms with Gasteiger partial charge < -0.3 is 14.9 Å². The minimum absolute atomic E-state index is 0.570. The summed E-state index contributed by atoms with van der Waals surface area (Å²) in [5.74, 6) is 0.900. The molecule has 148 valence electrons. The van der Waals surface area contributed by atoms with E-state index in [1.807, 2.05) is 24.4 Å². The molecule has 1 fully saturated rings. The topological polar surface area (TPSA) is 55.8 Å². The van der Waals surface area contributed by atoms with Gasteiger partial charge in [-0.15, -0.1) is 0 Å². The van der Waals surface area contributed by atoms with Gasteiger partial charge in [0, 0.05) is 36.1 Å². The first-order valence-electron chi connectivity index (χ1n) is 10.1. The second-order valence-corrected chi connectivity index (χ2v) is 8.08. The lowest BCUT2D eigenvalue weighted by Crippen LogP contribution is -2.43. The molecule has 1 saturated heterocycles. The van der Waals surface area contributed by atoms with Gasteiger partial charge in [-0.2, -0.15) is 0 Å². The average molecular weight is 379 g/mol. The third-order valence-corrected chi connectivity index (χ3v) is 6.12. The van der Waals surface area contributed by atoms with Gasteiger partial charge in [-0.25, -0.2) is 4.98 Å². The minimum Gasteiger partial charge on any atom is -0.496 e. The van der Waals surface area contributed by atoms with Gasteiger partial charge in [-0.05, 0) is 69.5 Å². The van der Waals surface area contributed by atoms with Gasteiger partial charge in [0.1, 0.15) is 11.4 Å². The lowest BCUT2D eigenvalue weighted by atomic mass is 9.97. The molecular weight excluding hydrogens is 348 g/mol. The molecule has 0 bridgehead atoms. The average Bonchev–Trinajstić information content (AvgIpc) is 3.02. The second-order valence-electron chi connectivity index (χ2n) is 8.08. The van der Waals surface area contributed by atoms with E-state index in [2.05, 4.69) is 42.2 Å². The predicted octanol–water partition coefficient (Wildman–Crippen LogP) is 4.66. The van der Waals surface area contributed by atoms with Crippen molar-refractivity contribution in [3.8, 4) is 17.0 Å². The monoisotopic (exact) mass is 378 g/mol. The van der Waals surface area contributed by atoms with Crippen LogP contribution >= 0.6 is 0 Å². The number of aryl methyl sites for hydroxylation is 1. The molecule has 28 heavy (non-hydrogen) atoms. The van der Waals surface area contributed by atoms with Crippen molar-refractivity contribution in [3.63, 3.8) is 0 Å². The van der Waals surface area contributed by atoms with E-state index in [0.717, 1.165) is 40.4 Å². The first-order chi connectivity index (χ1) is 13.5. The van der Waals surface area contributed by atoms with E-state index >= 15 is 0 Å². The Kier molecular flexibility index (Phi) is 5.02. The Bertz CT molecular complexity index is 984. The molecule has 0 aliphatic carbocycles. The molecule has 3 aromatic rings. The number of anilines is 1. The van der Waals surface area contributed by atoms with Crippen LogP contribution in [0.25, 0.3) is 16.9 Å². The van der Waals surface area contributed by atoms with Crippen molar-refractivity contribution in [2.45, 2.75) is 58.7 Å². The molecule has 2 atom stereocenters. The number of nitrogen functional groups attached to an aromatic ring is 1. The molecule has 0 radical (unpaired) electrons. The minimum atomic E-state index is 0.570. The van der Waals surface area contributed by atoms with Gasteiger partial charge in [-0.3, -0.25) is 4.90 Å². The number of hydrogen-bond donors (Lipinski definition) is 1. The summed E-state index contributed by atoms with van der Waals surface area (Å²) in [5.41, 5.74) is 12.3. The van der Waals surface area contributed by atoms with E-state index in [9.17, 15) is 0 Å². The van der Waals surface area contributed by atoms with Crippen molar-refractivity contribution in [1.29, 1.82) is 0 Å². The number of fused-ring (bicyclic) bond motifs is 1. The molecule has 4 rings (SSSR count). The molecule has 2 unspecified atom stereocenters. The maximum atomic E-state index is 6.11. The number of rotatable bonds is 4. The molecule has 1 aliphatic heterocycles. The zero-order valence-electron chi connectivity index (χ0n) is 17.3. The number of ether oxygens (including phenoxy) is 1. The normalized spacial score (nSPS) is 20.6. The van der Waals surface area contributed by atoms with Crippen molar-refractivity contribution in [1.82, 2.24) is 14.3 Å². The number of nitrogens with two attached hydrogens (primary N) is 1. The smallest absolute Gasteiger partial charge is 0.137 e. The molecule has 2 aromatic heterocycles. The summed E-state index contributed by atoms with van der Waals surface area (Å²) in [5, 5.41) is 0. The van der Waals surface area contributed by atoms with Crippen LogP contribution in [-0.4, -0.2) is 33.5 Å². The number of methoxy groups -OCH3 is 1. The molecule has 5 heteroatoms. The maximum Gasteiger partial charge on any atom is 0.137 e. The zero-order chi connectivity index (χ0) is 19.8. The van der Waals surface area contributed by atoms with Crippen LogP contribution in [0.4, 0.5) is 5.69 Å². The molecule has 0 saturated carbocycles. The number of pyridine rings is 1. The van der Waals surface area contributed by atoms with Gasteiger partial charge in [0.05, 0.1) is 18.5 Å². The third kappa shape index (κ3) is 3.35. The Balaban J connectivity index is 1.84. The summed E-state index contributed by atoms with van der Waals surface area (Å²) in [6.45, 7) is 7.62. The summed E-state index contributed by atoms with van der Waals surface area (Å²) < 4.78 is 7.60. The largest absolute Gasteiger partial charge is 0.496 e. The fourth-order valence-electron chi connectivity index (χ4n) is 4.48. The van der Waals surface area contributed by atoms with Gasteiger partial charge in [0.15, 0.2) is 0 Å². The number of piperidine rings is 1. The predicted molar refractivity (Wildman–Crippen MR) is 115 cm³/mol. The molecule has 1 aromatic carbocycles. The van der Waals surface area contributed by atoms with Gasteiger partial charge >= 0.3 is 0 Å². The number of nitrogens with zero attached hydrogens (tertiary/aromatic N) is 3. The maximum absolute atomic E-state index is 6.11. The SMILES string of the molecule is COc1ccc(-c2nc3ccc(N)cn3c2CN2C(C)CCCC2C)cc1C. The fraction of sp³-hybridized carbons (Fsp3) is 0.435. The standard InChI is InChI=1S/C23H30N4O/c1-15-12-18(8-10-21(15)28-4)23-20(14-26-16(2)6-5-7-17(26)3)27-13-19(24)9-11-22(27)25-23/h8-13,16-17H,5-7,14,24H2,1-4H3. The Morgan fingerprint density at radius 1 is 1.14 bits per heavy atom. The number of aromatic nitrogens is 2. The highest BCUT2D eigenvalue weighted by atomic mass is 16.5. The lowest BCUT2D eigenvalue weighted by molar-refractivity contribution is 0.0937. The van der Waals surface area contributed by atoms with Crippen LogP contribution in [0, 0.1) is 6.92 Å². The van der Waals surface area contributed by atoms with E-state index in [1.54, 1.807) is 7.11 Å². The number of hydrogen-bond acceptors (Lipinski definition) is 4. The summed E-state index contributed by atoms with van der Waals surface area (Å²) in [4.78, 5) is 7.58. The van der Waals surface area contributed by atoms with Crippen molar-refractivity contribution in [3.05, 3.63) is 47.8 Å².